The lowest BCUT2D eigenvalue weighted by molar-refractivity contribution is 0.0528. The van der Waals surface area contributed by atoms with Crippen LogP contribution in [-0.4, -0.2) is 25.3 Å². The first-order valence-electron chi connectivity index (χ1n) is 4.55. The minimum Gasteiger partial charge on any atom is -0.378 e. The van der Waals surface area contributed by atoms with Crippen molar-refractivity contribution < 1.29 is 4.74 Å². The minimum atomic E-state index is 0.361. The van der Waals surface area contributed by atoms with E-state index in [9.17, 15) is 0 Å². The maximum absolute atomic E-state index is 5.48. The molecule has 0 aromatic carbocycles. The minimum absolute atomic E-state index is 0.361. The van der Waals surface area contributed by atoms with Crippen molar-refractivity contribution >= 4 is 0 Å². The fourth-order valence-electron chi connectivity index (χ4n) is 2.25. The molecule has 0 radical (unpaired) electrons. The van der Waals surface area contributed by atoms with Gasteiger partial charge in [0.05, 0.1) is 13.2 Å². The fourth-order valence-corrected chi connectivity index (χ4v) is 2.25. The summed E-state index contributed by atoms with van der Waals surface area (Å²) in [4.78, 5) is 0. The van der Waals surface area contributed by atoms with E-state index in [4.69, 9.17) is 4.74 Å². The lowest BCUT2D eigenvalue weighted by atomic mass is 9.99. The third-order valence-corrected chi connectivity index (χ3v) is 3.56. The first kappa shape index (κ1) is 7.56. The molecule has 1 aliphatic heterocycles. The summed E-state index contributed by atoms with van der Waals surface area (Å²) in [6.45, 7) is 7.48. The molecule has 0 amide bonds. The van der Waals surface area contributed by atoms with Crippen LogP contribution in [0, 0.1) is 5.41 Å². The Labute approximate surface area is 68.3 Å². The molecule has 1 aliphatic carbocycles. The standard InChI is InChI=1S/C9H17NO/c1-3-8(2)6-9(8)7-11-5-4-10-9/h10H,3-7H2,1-2H3/t8-,9-/m1/s1. The second kappa shape index (κ2) is 2.20. The van der Waals surface area contributed by atoms with E-state index in [1.54, 1.807) is 0 Å². The molecule has 1 spiro atoms. The van der Waals surface area contributed by atoms with Gasteiger partial charge in [0, 0.05) is 12.1 Å². The Morgan fingerprint density at radius 2 is 2.36 bits per heavy atom. The molecule has 1 saturated heterocycles. The van der Waals surface area contributed by atoms with Gasteiger partial charge in [0.25, 0.3) is 0 Å². The van der Waals surface area contributed by atoms with Crippen LogP contribution in [0.1, 0.15) is 26.7 Å². The number of hydrogen-bond acceptors (Lipinski definition) is 2. The van der Waals surface area contributed by atoms with Gasteiger partial charge in [-0.25, -0.2) is 0 Å². The molecule has 2 rings (SSSR count). The molecule has 2 nitrogen and oxygen atoms in total. The van der Waals surface area contributed by atoms with Crippen LogP contribution < -0.4 is 5.32 Å². The molecule has 0 aromatic heterocycles. The predicted molar refractivity (Wildman–Crippen MR) is 44.6 cm³/mol. The van der Waals surface area contributed by atoms with E-state index in [1.165, 1.54) is 12.8 Å². The Hall–Kier alpha value is -0.0800. The number of nitrogens with one attached hydrogen (secondary N) is 1. The zero-order valence-corrected chi connectivity index (χ0v) is 7.44. The van der Waals surface area contributed by atoms with Gasteiger partial charge in [-0.3, -0.25) is 0 Å². The quantitative estimate of drug-likeness (QED) is 0.613. The Bertz CT molecular complexity index is 157. The van der Waals surface area contributed by atoms with Crippen molar-refractivity contribution in [3.05, 3.63) is 0 Å². The molecule has 2 heteroatoms. The van der Waals surface area contributed by atoms with Gasteiger partial charge in [0.15, 0.2) is 0 Å². The van der Waals surface area contributed by atoms with Gasteiger partial charge in [0.1, 0.15) is 0 Å². The Morgan fingerprint density at radius 3 is 2.82 bits per heavy atom. The summed E-state index contributed by atoms with van der Waals surface area (Å²) in [6, 6.07) is 0. The van der Waals surface area contributed by atoms with Crippen molar-refractivity contribution in [1.29, 1.82) is 0 Å². The van der Waals surface area contributed by atoms with Crippen LogP contribution in [0.15, 0.2) is 0 Å². The van der Waals surface area contributed by atoms with E-state index in [-0.39, 0.29) is 0 Å². The predicted octanol–water partition coefficient (Wildman–Crippen LogP) is 1.17. The molecule has 1 saturated carbocycles. The highest BCUT2D eigenvalue weighted by Gasteiger charge is 2.63. The normalized spacial score (nSPS) is 49.6. The summed E-state index contributed by atoms with van der Waals surface area (Å²) in [5.41, 5.74) is 0.882. The van der Waals surface area contributed by atoms with E-state index in [0.29, 0.717) is 11.0 Å². The summed E-state index contributed by atoms with van der Waals surface area (Å²) in [6.07, 6.45) is 2.57. The highest BCUT2D eigenvalue weighted by Crippen LogP contribution is 2.58. The van der Waals surface area contributed by atoms with E-state index in [0.717, 1.165) is 19.8 Å². The molecule has 0 aromatic rings. The van der Waals surface area contributed by atoms with Crippen molar-refractivity contribution in [2.24, 2.45) is 5.41 Å². The summed E-state index contributed by atoms with van der Waals surface area (Å²) in [5, 5.41) is 3.59. The Kier molecular flexibility index (Phi) is 1.52. The van der Waals surface area contributed by atoms with Crippen molar-refractivity contribution in [2.45, 2.75) is 32.2 Å². The maximum atomic E-state index is 5.48. The average molecular weight is 155 g/mol. The van der Waals surface area contributed by atoms with Gasteiger partial charge in [-0.15, -0.1) is 0 Å². The first-order valence-corrected chi connectivity index (χ1v) is 4.55. The third kappa shape index (κ3) is 0.926. The monoisotopic (exact) mass is 155 g/mol. The topological polar surface area (TPSA) is 21.3 Å². The number of rotatable bonds is 1. The van der Waals surface area contributed by atoms with Gasteiger partial charge in [0.2, 0.25) is 0 Å². The second-order valence-electron chi connectivity index (χ2n) is 4.15. The van der Waals surface area contributed by atoms with E-state index in [1.807, 2.05) is 0 Å². The van der Waals surface area contributed by atoms with Gasteiger partial charge in [-0.1, -0.05) is 13.8 Å². The molecule has 1 heterocycles. The summed E-state index contributed by atoms with van der Waals surface area (Å²) >= 11 is 0. The first-order chi connectivity index (χ1) is 5.22. The molecule has 0 unspecified atom stereocenters. The van der Waals surface area contributed by atoms with Crippen molar-refractivity contribution in [1.82, 2.24) is 5.32 Å². The second-order valence-corrected chi connectivity index (χ2v) is 4.15. The lowest BCUT2D eigenvalue weighted by Gasteiger charge is -2.28. The van der Waals surface area contributed by atoms with Gasteiger partial charge >= 0.3 is 0 Å². The van der Waals surface area contributed by atoms with Crippen LogP contribution in [0.25, 0.3) is 0 Å². The zero-order valence-electron chi connectivity index (χ0n) is 7.44. The van der Waals surface area contributed by atoms with Gasteiger partial charge in [-0.2, -0.15) is 0 Å². The van der Waals surface area contributed by atoms with Crippen LogP contribution >= 0.6 is 0 Å². The van der Waals surface area contributed by atoms with E-state index >= 15 is 0 Å². The summed E-state index contributed by atoms with van der Waals surface area (Å²) in [7, 11) is 0. The number of hydrogen-bond donors (Lipinski definition) is 1. The highest BCUT2D eigenvalue weighted by molar-refractivity contribution is 5.19. The van der Waals surface area contributed by atoms with Crippen LogP contribution in [-0.2, 0) is 4.74 Å². The van der Waals surface area contributed by atoms with Crippen molar-refractivity contribution in [3.8, 4) is 0 Å². The number of ether oxygens (including phenoxy) is 1. The molecule has 2 atom stereocenters. The zero-order chi connectivity index (χ0) is 7.95. The third-order valence-electron chi connectivity index (χ3n) is 3.56. The maximum Gasteiger partial charge on any atom is 0.0654 e. The summed E-state index contributed by atoms with van der Waals surface area (Å²) < 4.78 is 5.48. The average Bonchev–Trinajstić information content (AvgIpc) is 2.59. The molecule has 11 heavy (non-hydrogen) atoms. The molecule has 2 fully saturated rings. The molecule has 2 aliphatic rings. The van der Waals surface area contributed by atoms with E-state index in [2.05, 4.69) is 19.2 Å². The molecular weight excluding hydrogens is 138 g/mol. The molecule has 1 N–H and O–H groups in total. The molecule has 64 valence electrons. The Morgan fingerprint density at radius 1 is 1.55 bits per heavy atom. The smallest absolute Gasteiger partial charge is 0.0654 e. The van der Waals surface area contributed by atoms with E-state index < -0.39 is 0 Å². The SMILES string of the molecule is CC[C@]1(C)C[C@@]12COCCN2. The van der Waals surface area contributed by atoms with Crippen LogP contribution in [0.5, 0.6) is 0 Å². The van der Waals surface area contributed by atoms with Crippen molar-refractivity contribution in [2.75, 3.05) is 19.8 Å². The van der Waals surface area contributed by atoms with Crippen LogP contribution in [0.4, 0.5) is 0 Å². The summed E-state index contributed by atoms with van der Waals surface area (Å²) in [5.74, 6) is 0. The van der Waals surface area contributed by atoms with Gasteiger partial charge < -0.3 is 10.1 Å². The number of morpholine rings is 1. The van der Waals surface area contributed by atoms with Crippen LogP contribution in [0.3, 0.4) is 0 Å². The fraction of sp³-hybridized carbons (Fsp3) is 1.00. The largest absolute Gasteiger partial charge is 0.378 e. The highest BCUT2D eigenvalue weighted by atomic mass is 16.5. The van der Waals surface area contributed by atoms with Crippen molar-refractivity contribution in [3.63, 3.8) is 0 Å². The van der Waals surface area contributed by atoms with Crippen LogP contribution in [0.2, 0.25) is 0 Å². The van der Waals surface area contributed by atoms with Gasteiger partial charge in [-0.05, 0) is 18.3 Å². The Balaban J connectivity index is 2.03. The molecular formula is C9H17NO. The lowest BCUT2D eigenvalue weighted by Crippen LogP contribution is -2.47. The molecule has 0 bridgehead atoms.